The van der Waals surface area contributed by atoms with Crippen LogP contribution in [0.5, 0.6) is 0 Å². The van der Waals surface area contributed by atoms with Crippen molar-refractivity contribution < 1.29 is 4.74 Å². The summed E-state index contributed by atoms with van der Waals surface area (Å²) in [5.74, 6) is 0. The van der Waals surface area contributed by atoms with E-state index < -0.39 is 0 Å². The van der Waals surface area contributed by atoms with Crippen molar-refractivity contribution in [1.29, 1.82) is 0 Å². The molecule has 1 atom stereocenters. The highest BCUT2D eigenvalue weighted by Crippen LogP contribution is 2.26. The Morgan fingerprint density at radius 2 is 2.00 bits per heavy atom. The molecule has 0 saturated heterocycles. The van der Waals surface area contributed by atoms with E-state index in [9.17, 15) is 0 Å². The lowest BCUT2D eigenvalue weighted by atomic mass is 10.0. The number of ether oxygens (including phenoxy) is 1. The van der Waals surface area contributed by atoms with Crippen molar-refractivity contribution in [3.8, 4) is 0 Å². The number of hydrogen-bond donors (Lipinski definition) is 2. The van der Waals surface area contributed by atoms with Crippen molar-refractivity contribution in [3.05, 3.63) is 34.5 Å². The maximum Gasteiger partial charge on any atom is 0.0613 e. The third-order valence-electron chi connectivity index (χ3n) is 3.70. The molecule has 0 bridgehead atoms. The number of fused-ring (bicyclic) bond motifs is 1. The standard InChI is InChI=1S/C16H24N2O/c1-10-6-14(8-17-11(2)9-19-5)16-15(7-10)12(3)13(4)18-16/h6-7,11,17-18H,8-9H2,1-5H3. The van der Waals surface area contributed by atoms with Crippen LogP contribution in [0.2, 0.25) is 0 Å². The second-order valence-electron chi connectivity index (χ2n) is 5.46. The monoisotopic (exact) mass is 260 g/mol. The van der Waals surface area contributed by atoms with E-state index in [1.54, 1.807) is 7.11 Å². The Morgan fingerprint density at radius 3 is 2.68 bits per heavy atom. The number of aryl methyl sites for hydroxylation is 3. The molecule has 0 saturated carbocycles. The number of aromatic nitrogens is 1. The van der Waals surface area contributed by atoms with Gasteiger partial charge >= 0.3 is 0 Å². The van der Waals surface area contributed by atoms with Crippen molar-refractivity contribution in [2.75, 3.05) is 13.7 Å². The van der Waals surface area contributed by atoms with E-state index in [0.29, 0.717) is 6.04 Å². The van der Waals surface area contributed by atoms with Crippen molar-refractivity contribution in [2.24, 2.45) is 0 Å². The van der Waals surface area contributed by atoms with E-state index in [1.165, 1.54) is 33.3 Å². The summed E-state index contributed by atoms with van der Waals surface area (Å²) in [5, 5.41) is 4.84. The zero-order valence-electron chi connectivity index (χ0n) is 12.6. The highest BCUT2D eigenvalue weighted by molar-refractivity contribution is 5.87. The molecule has 1 unspecified atom stereocenters. The number of methoxy groups -OCH3 is 1. The van der Waals surface area contributed by atoms with E-state index >= 15 is 0 Å². The predicted molar refractivity (Wildman–Crippen MR) is 80.7 cm³/mol. The van der Waals surface area contributed by atoms with Gasteiger partial charge in [0.1, 0.15) is 0 Å². The molecule has 2 aromatic rings. The molecule has 2 rings (SSSR count). The molecule has 3 nitrogen and oxygen atoms in total. The van der Waals surface area contributed by atoms with Crippen molar-refractivity contribution in [2.45, 2.75) is 40.3 Å². The molecule has 1 aromatic carbocycles. The molecule has 0 aliphatic rings. The topological polar surface area (TPSA) is 37.0 Å². The molecule has 104 valence electrons. The first-order valence-electron chi connectivity index (χ1n) is 6.83. The van der Waals surface area contributed by atoms with Gasteiger partial charge in [-0.05, 0) is 44.9 Å². The molecule has 0 amide bonds. The van der Waals surface area contributed by atoms with Crippen LogP contribution >= 0.6 is 0 Å². The van der Waals surface area contributed by atoms with Gasteiger partial charge < -0.3 is 15.0 Å². The average molecular weight is 260 g/mol. The van der Waals surface area contributed by atoms with Gasteiger partial charge in [0.05, 0.1) is 12.1 Å². The summed E-state index contributed by atoms with van der Waals surface area (Å²) in [6.07, 6.45) is 0. The first kappa shape index (κ1) is 14.1. The van der Waals surface area contributed by atoms with Crippen LogP contribution in [0.15, 0.2) is 12.1 Å². The van der Waals surface area contributed by atoms with E-state index in [4.69, 9.17) is 4.74 Å². The number of nitrogens with one attached hydrogen (secondary N) is 2. The largest absolute Gasteiger partial charge is 0.383 e. The second kappa shape index (κ2) is 5.76. The Hall–Kier alpha value is -1.32. The fourth-order valence-corrected chi connectivity index (χ4v) is 2.52. The van der Waals surface area contributed by atoms with Gasteiger partial charge in [-0.25, -0.2) is 0 Å². The van der Waals surface area contributed by atoms with Gasteiger partial charge in [0.15, 0.2) is 0 Å². The molecule has 19 heavy (non-hydrogen) atoms. The molecule has 0 radical (unpaired) electrons. The molecule has 2 N–H and O–H groups in total. The molecule has 0 aliphatic carbocycles. The van der Waals surface area contributed by atoms with Crippen LogP contribution in [-0.4, -0.2) is 24.7 Å². The SMILES string of the molecule is COCC(C)NCc1cc(C)cc2c(C)c(C)[nH]c12. The van der Waals surface area contributed by atoms with Crippen molar-refractivity contribution in [1.82, 2.24) is 10.3 Å². The van der Waals surface area contributed by atoms with Crippen LogP contribution in [0.3, 0.4) is 0 Å². The molecular formula is C16H24N2O. The summed E-state index contributed by atoms with van der Waals surface area (Å²) in [5.41, 5.74) is 6.51. The van der Waals surface area contributed by atoms with E-state index in [2.05, 4.69) is 50.1 Å². The lowest BCUT2D eigenvalue weighted by Crippen LogP contribution is -2.29. The molecule has 1 aromatic heterocycles. The lowest BCUT2D eigenvalue weighted by molar-refractivity contribution is 0.172. The van der Waals surface area contributed by atoms with Gasteiger partial charge in [-0.15, -0.1) is 0 Å². The number of H-pyrrole nitrogens is 1. The summed E-state index contributed by atoms with van der Waals surface area (Å²) in [6.45, 7) is 10.2. The van der Waals surface area contributed by atoms with Crippen molar-refractivity contribution >= 4 is 10.9 Å². The molecule has 3 heteroatoms. The molecule has 1 heterocycles. The summed E-state index contributed by atoms with van der Waals surface area (Å²) in [4.78, 5) is 3.51. The zero-order chi connectivity index (χ0) is 14.0. The average Bonchev–Trinajstić information content (AvgIpc) is 2.64. The predicted octanol–water partition coefficient (Wildman–Crippen LogP) is 3.22. The Labute approximate surface area is 115 Å². The quantitative estimate of drug-likeness (QED) is 0.866. The van der Waals surface area contributed by atoms with Gasteiger partial charge in [0.2, 0.25) is 0 Å². The van der Waals surface area contributed by atoms with Crippen LogP contribution < -0.4 is 5.32 Å². The van der Waals surface area contributed by atoms with Crippen LogP contribution in [0.4, 0.5) is 0 Å². The number of hydrogen-bond acceptors (Lipinski definition) is 2. The lowest BCUT2D eigenvalue weighted by Gasteiger charge is -2.13. The van der Waals surface area contributed by atoms with Crippen LogP contribution in [0.1, 0.15) is 29.3 Å². The number of aromatic amines is 1. The molecular weight excluding hydrogens is 236 g/mol. The van der Waals surface area contributed by atoms with Gasteiger partial charge in [-0.3, -0.25) is 0 Å². The summed E-state index contributed by atoms with van der Waals surface area (Å²) < 4.78 is 5.16. The van der Waals surface area contributed by atoms with E-state index in [0.717, 1.165) is 13.2 Å². The van der Waals surface area contributed by atoms with E-state index in [1.807, 2.05) is 0 Å². The minimum absolute atomic E-state index is 0.359. The van der Waals surface area contributed by atoms with Crippen LogP contribution in [0, 0.1) is 20.8 Å². The van der Waals surface area contributed by atoms with Crippen LogP contribution in [0.25, 0.3) is 10.9 Å². The normalized spacial score (nSPS) is 13.1. The van der Waals surface area contributed by atoms with E-state index in [-0.39, 0.29) is 0 Å². The van der Waals surface area contributed by atoms with Gasteiger partial charge in [0.25, 0.3) is 0 Å². The number of rotatable bonds is 5. The van der Waals surface area contributed by atoms with Crippen LogP contribution in [-0.2, 0) is 11.3 Å². The Morgan fingerprint density at radius 1 is 1.26 bits per heavy atom. The first-order valence-corrected chi connectivity index (χ1v) is 6.83. The molecule has 0 fully saturated rings. The van der Waals surface area contributed by atoms with Crippen molar-refractivity contribution in [3.63, 3.8) is 0 Å². The molecule has 0 spiro atoms. The highest BCUT2D eigenvalue weighted by atomic mass is 16.5. The summed E-state index contributed by atoms with van der Waals surface area (Å²) in [6, 6.07) is 4.87. The Bertz CT molecular complexity index is 572. The minimum atomic E-state index is 0.359. The summed E-state index contributed by atoms with van der Waals surface area (Å²) >= 11 is 0. The van der Waals surface area contributed by atoms with Gasteiger partial charge in [-0.1, -0.05) is 11.6 Å². The maximum absolute atomic E-state index is 5.16. The Kier molecular flexibility index (Phi) is 4.27. The smallest absolute Gasteiger partial charge is 0.0613 e. The van der Waals surface area contributed by atoms with Gasteiger partial charge in [-0.2, -0.15) is 0 Å². The summed E-state index contributed by atoms with van der Waals surface area (Å²) in [7, 11) is 1.74. The third kappa shape index (κ3) is 2.99. The highest BCUT2D eigenvalue weighted by Gasteiger charge is 2.10. The Balaban J connectivity index is 2.29. The fraction of sp³-hybridized carbons (Fsp3) is 0.500. The molecule has 0 aliphatic heterocycles. The second-order valence-corrected chi connectivity index (χ2v) is 5.46. The third-order valence-corrected chi connectivity index (χ3v) is 3.70. The minimum Gasteiger partial charge on any atom is -0.383 e. The first-order chi connectivity index (χ1) is 9.02. The van der Waals surface area contributed by atoms with Gasteiger partial charge in [0, 0.05) is 30.8 Å². The maximum atomic E-state index is 5.16. The zero-order valence-corrected chi connectivity index (χ0v) is 12.6. The fourth-order valence-electron chi connectivity index (χ4n) is 2.52. The number of benzene rings is 1.